The van der Waals surface area contributed by atoms with Gasteiger partial charge in [-0.25, -0.2) is 4.79 Å². The molecule has 0 aromatic heterocycles. The molecule has 0 aliphatic heterocycles. The molecule has 0 radical (unpaired) electrons. The maximum Gasteiger partial charge on any atom is 0.326 e. The van der Waals surface area contributed by atoms with E-state index in [1.54, 1.807) is 12.1 Å². The van der Waals surface area contributed by atoms with Crippen molar-refractivity contribution in [2.45, 2.75) is 19.9 Å². The van der Waals surface area contributed by atoms with Gasteiger partial charge in [0.1, 0.15) is 6.04 Å². The first-order chi connectivity index (χ1) is 7.84. The molecule has 0 spiro atoms. The second kappa shape index (κ2) is 5.94. The van der Waals surface area contributed by atoms with Crippen LogP contribution < -0.4 is 5.32 Å². The fourth-order valence-electron chi connectivity index (χ4n) is 1.32. The molecule has 0 bridgehead atoms. The van der Waals surface area contributed by atoms with Gasteiger partial charge in [0.2, 0.25) is 0 Å². The number of rotatable bonds is 4. The molecule has 6 heteroatoms. The van der Waals surface area contributed by atoms with E-state index in [4.69, 9.17) is 28.3 Å². The summed E-state index contributed by atoms with van der Waals surface area (Å²) in [4.78, 5) is 11.1. The average Bonchev–Trinajstić information content (AvgIpc) is 2.24. The number of hydrogen-bond donors (Lipinski definition) is 2. The van der Waals surface area contributed by atoms with Crippen LogP contribution in [0.5, 0.6) is 0 Å². The summed E-state index contributed by atoms with van der Waals surface area (Å²) in [6, 6.07) is 2.71. The van der Waals surface area contributed by atoms with Crippen LogP contribution in [0.2, 0.25) is 10.0 Å². The number of halogens is 3. The maximum atomic E-state index is 11.1. The first-order valence-electron chi connectivity index (χ1n) is 4.97. The van der Waals surface area contributed by atoms with Crippen molar-refractivity contribution in [3.05, 3.63) is 26.7 Å². The van der Waals surface area contributed by atoms with Gasteiger partial charge in [-0.05, 0) is 34.0 Å². The van der Waals surface area contributed by atoms with Gasteiger partial charge < -0.3 is 10.4 Å². The van der Waals surface area contributed by atoms with Crippen molar-refractivity contribution in [2.24, 2.45) is 5.92 Å². The lowest BCUT2D eigenvalue weighted by Crippen LogP contribution is -2.34. The zero-order chi connectivity index (χ0) is 13.2. The third kappa shape index (κ3) is 3.50. The molecule has 1 unspecified atom stereocenters. The van der Waals surface area contributed by atoms with E-state index < -0.39 is 12.0 Å². The van der Waals surface area contributed by atoms with Crippen LogP contribution in [0.25, 0.3) is 0 Å². The van der Waals surface area contributed by atoms with Gasteiger partial charge in [0.15, 0.2) is 0 Å². The summed E-state index contributed by atoms with van der Waals surface area (Å²) in [5.74, 6) is -0.985. The molecule has 17 heavy (non-hydrogen) atoms. The molecule has 0 fully saturated rings. The van der Waals surface area contributed by atoms with Crippen LogP contribution in [0.15, 0.2) is 16.6 Å². The van der Waals surface area contributed by atoms with Crippen LogP contribution >= 0.6 is 39.1 Å². The highest BCUT2D eigenvalue weighted by atomic mass is 79.9. The first kappa shape index (κ1) is 14.6. The van der Waals surface area contributed by atoms with E-state index in [0.717, 1.165) is 0 Å². The second-order valence-corrected chi connectivity index (χ2v) is 5.54. The molecule has 2 N–H and O–H groups in total. The molecule has 1 aromatic carbocycles. The summed E-state index contributed by atoms with van der Waals surface area (Å²) in [6.07, 6.45) is 0. The van der Waals surface area contributed by atoms with Gasteiger partial charge in [-0.2, -0.15) is 0 Å². The highest BCUT2D eigenvalue weighted by Gasteiger charge is 2.22. The summed E-state index contributed by atoms with van der Waals surface area (Å²) < 4.78 is 0.672. The SMILES string of the molecule is CC(C)C(Nc1ccc(Br)c(Cl)c1Cl)C(=O)O. The second-order valence-electron chi connectivity index (χ2n) is 3.93. The van der Waals surface area contributed by atoms with Gasteiger partial charge in [-0.3, -0.25) is 0 Å². The zero-order valence-corrected chi connectivity index (χ0v) is 12.4. The number of aliphatic carboxylic acids is 1. The lowest BCUT2D eigenvalue weighted by atomic mass is 10.0. The molecule has 3 nitrogen and oxygen atoms in total. The number of anilines is 1. The minimum absolute atomic E-state index is 0.0639. The Labute approximate surface area is 118 Å². The number of hydrogen-bond acceptors (Lipinski definition) is 2. The fraction of sp³-hybridized carbons (Fsp3) is 0.364. The Morgan fingerprint density at radius 1 is 1.35 bits per heavy atom. The van der Waals surface area contributed by atoms with Crippen LogP contribution in [-0.2, 0) is 4.79 Å². The van der Waals surface area contributed by atoms with Crippen molar-refractivity contribution in [3.8, 4) is 0 Å². The minimum Gasteiger partial charge on any atom is -0.480 e. The largest absolute Gasteiger partial charge is 0.480 e. The third-order valence-corrected chi connectivity index (χ3v) is 4.05. The Morgan fingerprint density at radius 3 is 2.41 bits per heavy atom. The standard InChI is InChI=1S/C11H12BrCl2NO2/c1-5(2)10(11(16)17)15-7-4-3-6(12)8(13)9(7)14/h3-5,10,15H,1-2H3,(H,16,17). The molecule has 0 saturated heterocycles. The molecule has 0 amide bonds. The number of carbonyl (C=O) groups is 1. The summed E-state index contributed by atoms with van der Waals surface area (Å²) in [5, 5.41) is 12.6. The number of benzene rings is 1. The molecule has 0 saturated carbocycles. The van der Waals surface area contributed by atoms with Crippen molar-refractivity contribution in [1.82, 2.24) is 0 Å². The van der Waals surface area contributed by atoms with Gasteiger partial charge in [-0.15, -0.1) is 0 Å². The highest BCUT2D eigenvalue weighted by molar-refractivity contribution is 9.10. The van der Waals surface area contributed by atoms with Crippen LogP contribution in [0.1, 0.15) is 13.8 Å². The van der Waals surface area contributed by atoms with Crippen molar-refractivity contribution < 1.29 is 9.90 Å². The van der Waals surface area contributed by atoms with Crippen molar-refractivity contribution >= 4 is 50.8 Å². The summed E-state index contributed by atoms with van der Waals surface area (Å²) >= 11 is 15.2. The zero-order valence-electron chi connectivity index (χ0n) is 9.30. The molecule has 0 aliphatic carbocycles. The first-order valence-corrected chi connectivity index (χ1v) is 6.52. The average molecular weight is 341 g/mol. The lowest BCUT2D eigenvalue weighted by Gasteiger charge is -2.20. The fourth-order valence-corrected chi connectivity index (χ4v) is 2.15. The van der Waals surface area contributed by atoms with Gasteiger partial charge in [0, 0.05) is 4.47 Å². The number of carboxylic acid groups (broad SMARTS) is 1. The molecule has 1 aromatic rings. The Bertz CT molecular complexity index is 438. The Balaban J connectivity index is 3.02. The third-order valence-electron chi connectivity index (χ3n) is 2.28. The smallest absolute Gasteiger partial charge is 0.326 e. The van der Waals surface area contributed by atoms with Crippen LogP contribution in [0, 0.1) is 5.92 Å². The van der Waals surface area contributed by atoms with E-state index in [9.17, 15) is 4.79 Å². The Kier molecular flexibility index (Phi) is 5.10. The van der Waals surface area contributed by atoms with E-state index in [1.165, 1.54) is 0 Å². The van der Waals surface area contributed by atoms with Crippen molar-refractivity contribution in [3.63, 3.8) is 0 Å². The normalized spacial score (nSPS) is 12.6. The Hall–Kier alpha value is -0.450. The quantitative estimate of drug-likeness (QED) is 0.804. The molecule has 0 heterocycles. The minimum atomic E-state index is -0.921. The van der Waals surface area contributed by atoms with E-state index in [0.29, 0.717) is 20.2 Å². The van der Waals surface area contributed by atoms with Gasteiger partial charge >= 0.3 is 5.97 Å². The molecular formula is C11H12BrCl2NO2. The molecule has 1 atom stereocenters. The van der Waals surface area contributed by atoms with Gasteiger partial charge in [-0.1, -0.05) is 37.0 Å². The monoisotopic (exact) mass is 339 g/mol. The predicted octanol–water partition coefficient (Wildman–Crippen LogP) is 4.28. The summed E-state index contributed by atoms with van der Waals surface area (Å²) in [7, 11) is 0. The van der Waals surface area contributed by atoms with Crippen molar-refractivity contribution in [1.29, 1.82) is 0 Å². The highest BCUT2D eigenvalue weighted by Crippen LogP contribution is 2.36. The topological polar surface area (TPSA) is 49.3 Å². The molecule has 1 rings (SSSR count). The molecule has 94 valence electrons. The van der Waals surface area contributed by atoms with E-state index in [2.05, 4.69) is 21.2 Å². The van der Waals surface area contributed by atoms with E-state index >= 15 is 0 Å². The van der Waals surface area contributed by atoms with E-state index in [1.807, 2.05) is 13.8 Å². The van der Waals surface area contributed by atoms with Crippen LogP contribution in [0.4, 0.5) is 5.69 Å². The Morgan fingerprint density at radius 2 is 1.94 bits per heavy atom. The van der Waals surface area contributed by atoms with Gasteiger partial charge in [0.05, 0.1) is 15.7 Å². The predicted molar refractivity (Wildman–Crippen MR) is 74.0 cm³/mol. The molecular weight excluding hydrogens is 329 g/mol. The van der Waals surface area contributed by atoms with Crippen molar-refractivity contribution in [2.75, 3.05) is 5.32 Å². The van der Waals surface area contributed by atoms with E-state index in [-0.39, 0.29) is 5.92 Å². The van der Waals surface area contributed by atoms with Crippen LogP contribution in [-0.4, -0.2) is 17.1 Å². The number of carboxylic acids is 1. The van der Waals surface area contributed by atoms with Gasteiger partial charge in [0.25, 0.3) is 0 Å². The molecule has 0 aliphatic rings. The number of nitrogens with one attached hydrogen (secondary N) is 1. The maximum absolute atomic E-state index is 11.1. The summed E-state index contributed by atoms with van der Waals surface area (Å²) in [5.41, 5.74) is 0.515. The lowest BCUT2D eigenvalue weighted by molar-refractivity contribution is -0.138. The summed E-state index contributed by atoms with van der Waals surface area (Å²) in [6.45, 7) is 3.64. The van der Waals surface area contributed by atoms with Crippen LogP contribution in [0.3, 0.4) is 0 Å².